The molecule has 0 unspecified atom stereocenters. The van der Waals surface area contributed by atoms with Crippen LogP contribution in [-0.2, 0) is 11.3 Å². The second-order valence-corrected chi connectivity index (χ2v) is 8.66. The Bertz CT molecular complexity index is 1370. The van der Waals surface area contributed by atoms with Gasteiger partial charge in [-0.3, -0.25) is 4.68 Å². The monoisotopic (exact) mass is 458 g/mol. The van der Waals surface area contributed by atoms with Crippen LogP contribution in [0.25, 0.3) is 22.2 Å². The summed E-state index contributed by atoms with van der Waals surface area (Å²) in [6.07, 6.45) is 4.86. The largest absolute Gasteiger partial charge is 0.479 e. The van der Waals surface area contributed by atoms with Crippen molar-refractivity contribution < 1.29 is 14.3 Å². The van der Waals surface area contributed by atoms with Gasteiger partial charge in [0.25, 0.3) is 0 Å². The molecule has 3 aromatic heterocycles. The Morgan fingerprint density at radius 1 is 1.21 bits per heavy atom. The summed E-state index contributed by atoms with van der Waals surface area (Å²) in [7, 11) is 0. The van der Waals surface area contributed by atoms with E-state index in [-0.39, 0.29) is 6.61 Å². The van der Waals surface area contributed by atoms with Crippen LogP contribution in [-0.4, -0.2) is 37.6 Å². The summed E-state index contributed by atoms with van der Waals surface area (Å²) in [4.78, 5) is 17.8. The maximum absolute atomic E-state index is 13.3. The Morgan fingerprint density at radius 3 is 2.74 bits per heavy atom. The normalized spacial score (nSPS) is 11.3. The Kier molecular flexibility index (Phi) is 6.23. The molecule has 1 aromatic carbocycles. The smallest absolute Gasteiger partial charge is 0.419 e. The Balaban J connectivity index is 1.76. The highest BCUT2D eigenvalue weighted by atomic mass is 16.6. The zero-order chi connectivity index (χ0) is 24.3. The molecule has 9 nitrogen and oxygen atoms in total. The molecule has 9 heteroatoms. The number of benzene rings is 1. The van der Waals surface area contributed by atoms with E-state index in [1.807, 2.05) is 58.2 Å². The maximum Gasteiger partial charge on any atom is 0.419 e. The molecule has 0 spiro atoms. The fraction of sp³-hybridized carbons (Fsp3) is 0.280. The third-order valence-corrected chi connectivity index (χ3v) is 4.92. The van der Waals surface area contributed by atoms with Gasteiger partial charge in [0.1, 0.15) is 23.2 Å². The van der Waals surface area contributed by atoms with Crippen LogP contribution in [0.1, 0.15) is 27.7 Å². The maximum atomic E-state index is 13.3. The highest BCUT2D eigenvalue weighted by molar-refractivity contribution is 5.97. The summed E-state index contributed by atoms with van der Waals surface area (Å²) in [5.74, 6) is 1.11. The molecule has 1 N–H and O–H groups in total. The van der Waals surface area contributed by atoms with Crippen LogP contribution in [0.3, 0.4) is 0 Å². The fourth-order valence-corrected chi connectivity index (χ4v) is 3.48. The lowest BCUT2D eigenvalue weighted by Crippen LogP contribution is -2.27. The van der Waals surface area contributed by atoms with E-state index in [9.17, 15) is 4.79 Å². The molecular weight excluding hydrogens is 432 g/mol. The van der Waals surface area contributed by atoms with Crippen molar-refractivity contribution in [2.75, 3.05) is 11.9 Å². The van der Waals surface area contributed by atoms with Crippen molar-refractivity contribution >= 4 is 28.5 Å². The summed E-state index contributed by atoms with van der Waals surface area (Å²) in [5.41, 5.74) is 2.22. The van der Waals surface area contributed by atoms with Crippen molar-refractivity contribution in [3.63, 3.8) is 0 Å². The van der Waals surface area contributed by atoms with Gasteiger partial charge in [0, 0.05) is 47.7 Å². The highest BCUT2D eigenvalue weighted by Crippen LogP contribution is 2.31. The van der Waals surface area contributed by atoms with Crippen LogP contribution >= 0.6 is 0 Å². The molecule has 3 heterocycles. The summed E-state index contributed by atoms with van der Waals surface area (Å²) in [6, 6.07) is 12.9. The number of anilines is 2. The van der Waals surface area contributed by atoms with E-state index in [2.05, 4.69) is 15.4 Å². The number of carbonyl (C=O) groups is 1. The lowest BCUT2D eigenvalue weighted by Gasteiger charge is -2.21. The molecular formula is C25H26N6O3. The molecule has 0 saturated carbocycles. The second-order valence-electron chi connectivity index (χ2n) is 8.66. The number of rotatable bonds is 6. The molecule has 174 valence electrons. The van der Waals surface area contributed by atoms with E-state index in [1.54, 1.807) is 39.8 Å². The molecule has 0 radical (unpaired) electrons. The number of nitrogens with zero attached hydrogens (tertiary/aromatic N) is 5. The van der Waals surface area contributed by atoms with Crippen molar-refractivity contribution in [3.05, 3.63) is 55.0 Å². The van der Waals surface area contributed by atoms with Crippen LogP contribution in [0.2, 0.25) is 0 Å². The van der Waals surface area contributed by atoms with Gasteiger partial charge in [-0.2, -0.15) is 10.4 Å². The van der Waals surface area contributed by atoms with Gasteiger partial charge in [-0.25, -0.2) is 14.3 Å². The van der Waals surface area contributed by atoms with E-state index >= 15 is 0 Å². The first-order chi connectivity index (χ1) is 16.3. The number of hydrogen-bond acceptors (Lipinski definition) is 7. The van der Waals surface area contributed by atoms with Gasteiger partial charge in [-0.1, -0.05) is 6.07 Å². The number of pyridine rings is 1. The zero-order valence-electron chi connectivity index (χ0n) is 19.6. The van der Waals surface area contributed by atoms with Gasteiger partial charge in [-0.15, -0.1) is 0 Å². The average molecular weight is 459 g/mol. The number of aryl methyl sites for hydroxylation is 1. The molecule has 0 aliphatic carbocycles. The summed E-state index contributed by atoms with van der Waals surface area (Å²) >= 11 is 0. The predicted octanol–water partition coefficient (Wildman–Crippen LogP) is 5.35. The molecule has 34 heavy (non-hydrogen) atoms. The van der Waals surface area contributed by atoms with Crippen molar-refractivity contribution in [2.24, 2.45) is 0 Å². The molecule has 0 aliphatic heterocycles. The second kappa shape index (κ2) is 9.27. The minimum atomic E-state index is -0.656. The molecule has 4 aromatic rings. The lowest BCUT2D eigenvalue weighted by molar-refractivity contribution is 0.0547. The van der Waals surface area contributed by atoms with Crippen molar-refractivity contribution in [1.29, 1.82) is 5.26 Å². The number of ether oxygens (including phenoxy) is 2. The van der Waals surface area contributed by atoms with Gasteiger partial charge < -0.3 is 14.8 Å². The van der Waals surface area contributed by atoms with Crippen LogP contribution < -0.4 is 10.1 Å². The van der Waals surface area contributed by atoms with E-state index in [1.165, 1.54) is 0 Å². The minimum absolute atomic E-state index is 0.0333. The molecule has 4 rings (SSSR count). The molecule has 0 saturated heterocycles. The predicted molar refractivity (Wildman–Crippen MR) is 129 cm³/mol. The van der Waals surface area contributed by atoms with Crippen molar-refractivity contribution in [1.82, 2.24) is 19.3 Å². The molecule has 0 atom stereocenters. The Labute approximate surface area is 197 Å². The van der Waals surface area contributed by atoms with Crippen LogP contribution in [0.5, 0.6) is 5.75 Å². The zero-order valence-corrected chi connectivity index (χ0v) is 19.6. The Hall–Kier alpha value is -4.32. The van der Waals surface area contributed by atoms with Crippen molar-refractivity contribution in [3.8, 4) is 23.1 Å². The van der Waals surface area contributed by atoms with Gasteiger partial charge in [-0.05, 0) is 45.9 Å². The molecule has 0 bridgehead atoms. The summed E-state index contributed by atoms with van der Waals surface area (Å²) in [6.45, 7) is 8.19. The van der Waals surface area contributed by atoms with Crippen LogP contribution in [0, 0.1) is 11.3 Å². The van der Waals surface area contributed by atoms with E-state index < -0.39 is 11.7 Å². The Morgan fingerprint density at radius 2 is 2.03 bits per heavy atom. The van der Waals surface area contributed by atoms with Crippen LogP contribution in [0.4, 0.5) is 16.3 Å². The lowest BCUT2D eigenvalue weighted by atomic mass is 10.2. The first-order valence-electron chi connectivity index (χ1n) is 10.9. The first-order valence-corrected chi connectivity index (χ1v) is 10.9. The number of nitrogens with one attached hydrogen (secondary N) is 1. The average Bonchev–Trinajstić information content (AvgIpc) is 3.41. The van der Waals surface area contributed by atoms with E-state index in [0.29, 0.717) is 22.8 Å². The number of carbonyl (C=O) groups excluding carboxylic acids is 1. The molecule has 0 aliphatic rings. The summed E-state index contributed by atoms with van der Waals surface area (Å²) in [5, 5.41) is 17.1. The third kappa shape index (κ3) is 5.02. The fourth-order valence-electron chi connectivity index (χ4n) is 3.48. The number of hydrogen-bond donors (Lipinski definition) is 1. The minimum Gasteiger partial charge on any atom is -0.479 e. The topological polar surface area (TPSA) is 107 Å². The quantitative estimate of drug-likeness (QED) is 0.415. The number of aromatic nitrogens is 4. The first kappa shape index (κ1) is 22.9. The van der Waals surface area contributed by atoms with Gasteiger partial charge in [0.15, 0.2) is 6.61 Å². The van der Waals surface area contributed by atoms with Crippen molar-refractivity contribution in [2.45, 2.75) is 39.8 Å². The summed E-state index contributed by atoms with van der Waals surface area (Å²) < 4.78 is 14.4. The molecule has 0 fully saturated rings. The molecule has 0 amide bonds. The number of nitriles is 1. The van der Waals surface area contributed by atoms with E-state index in [4.69, 9.17) is 14.7 Å². The van der Waals surface area contributed by atoms with Gasteiger partial charge in [0.2, 0.25) is 0 Å². The van der Waals surface area contributed by atoms with Gasteiger partial charge in [0.05, 0.1) is 17.4 Å². The highest BCUT2D eigenvalue weighted by Gasteiger charge is 2.24. The number of fused-ring (bicyclic) bond motifs is 1. The third-order valence-electron chi connectivity index (χ3n) is 4.92. The standard InChI is InChI=1S/C25H26N6O3/c1-5-30-16-18(15-28-30)21-11-17-14-27-23(13-22(17)31(21)24(32)34-25(2,3)4)29-19-7-6-8-20(12-19)33-10-9-26/h6-8,11-16H,5,10H2,1-4H3,(H,27,29). The SMILES string of the molecule is CCn1cc(-c2cc3cnc(Nc4cccc(OCC#N)c4)cc3n2C(=O)OC(C)(C)C)cn1. The van der Waals surface area contributed by atoms with E-state index in [0.717, 1.165) is 23.2 Å². The van der Waals surface area contributed by atoms with Crippen LogP contribution in [0.15, 0.2) is 55.0 Å². The van der Waals surface area contributed by atoms with Gasteiger partial charge >= 0.3 is 6.09 Å².